The molecule has 0 bridgehead atoms. The van der Waals surface area contributed by atoms with Crippen molar-refractivity contribution in [3.63, 3.8) is 0 Å². The van der Waals surface area contributed by atoms with E-state index in [1.54, 1.807) is 0 Å². The fraction of sp³-hybridized carbons (Fsp3) is 0.0769. The quantitative estimate of drug-likeness (QED) is 0.103. The van der Waals surface area contributed by atoms with Crippen molar-refractivity contribution >= 4 is 67.1 Å². The Balaban J connectivity index is 0.000000233. The van der Waals surface area contributed by atoms with Gasteiger partial charge < -0.3 is 10.6 Å². The molecule has 2 unspecified atom stereocenters. The van der Waals surface area contributed by atoms with Crippen molar-refractivity contribution in [3.05, 3.63) is 242 Å². The van der Waals surface area contributed by atoms with Gasteiger partial charge in [-0.3, -0.25) is 0 Å². The molecule has 8 aromatic rings. The Morgan fingerprint density at radius 2 is 0.644 bits per heavy atom. The maximum absolute atomic E-state index is 6.43. The normalized spacial score (nSPS) is 11.9. The third-order valence-corrected chi connectivity index (χ3v) is 15.7. The molecule has 7 heteroatoms. The summed E-state index contributed by atoms with van der Waals surface area (Å²) in [4.78, 5) is 2.17. The maximum atomic E-state index is 6.43. The molecule has 8 rings (SSSR count). The Morgan fingerprint density at radius 1 is 0.390 bits per heavy atom. The number of benzene rings is 8. The van der Waals surface area contributed by atoms with Crippen LogP contribution in [0.3, 0.4) is 0 Å². The Morgan fingerprint density at radius 3 is 0.949 bits per heavy atom. The largest absolute Gasteiger partial charge is 0.110 e. The van der Waals surface area contributed by atoms with Gasteiger partial charge in [-0.2, -0.15) is 0 Å². The van der Waals surface area contributed by atoms with Gasteiger partial charge >= 0.3 is 34.5 Å². The van der Waals surface area contributed by atoms with Crippen LogP contribution < -0.4 is 37.6 Å². The van der Waals surface area contributed by atoms with Crippen molar-refractivity contribution in [2.75, 3.05) is 14.1 Å². The summed E-state index contributed by atoms with van der Waals surface area (Å²) in [5.74, 6) is 0. The molecule has 2 nitrogen and oxygen atoms in total. The first-order valence-electron chi connectivity index (χ1n) is 19.5. The topological polar surface area (TPSA) is 29.3 Å². The van der Waals surface area contributed by atoms with Crippen LogP contribution in [0.15, 0.2) is 231 Å². The Labute approximate surface area is 369 Å². The number of halogens is 2. The second kappa shape index (κ2) is 23.5. The van der Waals surface area contributed by atoms with E-state index in [1.165, 1.54) is 54.1 Å². The van der Waals surface area contributed by atoms with E-state index in [1.807, 2.05) is 24.3 Å². The zero-order valence-corrected chi connectivity index (χ0v) is 38.5. The first kappa shape index (κ1) is 44.3. The van der Waals surface area contributed by atoms with E-state index in [-0.39, 0.29) is 27.2 Å². The zero-order valence-electron chi connectivity index (χ0n) is 33.2. The molecule has 0 radical (unpaired) electrons. The van der Waals surface area contributed by atoms with E-state index >= 15 is 0 Å². The molecule has 0 aliphatic heterocycles. The van der Waals surface area contributed by atoms with Gasteiger partial charge in [0.05, 0.1) is 21.9 Å². The van der Waals surface area contributed by atoms with Crippen LogP contribution in [0, 0.1) is 0 Å². The molecular weight excluding hydrogens is 887 g/mol. The molecule has 0 aliphatic carbocycles. The fourth-order valence-corrected chi connectivity index (χ4v) is 13.1. The number of hydrogen-bond donors (Lipinski definition) is 1. The van der Waals surface area contributed by atoms with E-state index in [4.69, 9.17) is 25.1 Å². The van der Waals surface area contributed by atoms with Crippen LogP contribution in [-0.2, 0) is 15.1 Å². The van der Waals surface area contributed by atoms with Crippen LogP contribution in [0.5, 0.6) is 0 Å². The molecule has 59 heavy (non-hydrogen) atoms. The molecule has 8 aromatic carbocycles. The SMILES string of the molecule is CN(C)C(c1ccccc1)C(N)c1ccccc1.[Cl][Ru+2][Cl].c1ccc([PH+](c2ccccc2)c2ccccc2-c2ccccc2[PH+](c2ccccc2)c2ccccc2)cc1. The second-order valence-electron chi connectivity index (χ2n) is 14.1. The Hall–Kier alpha value is -4.26. The summed E-state index contributed by atoms with van der Waals surface area (Å²) in [6, 6.07) is 83.3. The van der Waals surface area contributed by atoms with Crippen molar-refractivity contribution in [1.82, 2.24) is 4.90 Å². The van der Waals surface area contributed by atoms with Gasteiger partial charge in [0.2, 0.25) is 0 Å². The molecule has 0 saturated heterocycles. The van der Waals surface area contributed by atoms with Crippen molar-refractivity contribution in [2.24, 2.45) is 5.73 Å². The van der Waals surface area contributed by atoms with Gasteiger partial charge in [0.15, 0.2) is 0 Å². The minimum atomic E-state index is -1.21. The molecule has 0 spiro atoms. The third kappa shape index (κ3) is 11.9. The van der Waals surface area contributed by atoms with Gasteiger partial charge in [-0.1, -0.05) is 170 Å². The van der Waals surface area contributed by atoms with Gasteiger partial charge in [0.1, 0.15) is 31.8 Å². The van der Waals surface area contributed by atoms with E-state index in [0.29, 0.717) is 0 Å². The van der Waals surface area contributed by atoms with Crippen LogP contribution in [0.2, 0.25) is 0 Å². The molecule has 0 aromatic heterocycles. The average molecular weight is 937 g/mol. The van der Waals surface area contributed by atoms with Crippen LogP contribution in [0.25, 0.3) is 11.1 Å². The van der Waals surface area contributed by atoms with Crippen molar-refractivity contribution in [1.29, 1.82) is 0 Å². The summed E-state index contributed by atoms with van der Waals surface area (Å²) >= 11 is -0.346. The molecule has 0 fully saturated rings. The predicted octanol–water partition coefficient (Wildman–Crippen LogP) is 10.7. The van der Waals surface area contributed by atoms with Gasteiger partial charge in [0.25, 0.3) is 0 Å². The van der Waals surface area contributed by atoms with Gasteiger partial charge in [0, 0.05) is 17.2 Å². The summed E-state index contributed by atoms with van der Waals surface area (Å²) < 4.78 is 0. The number of hydrogen-bond acceptors (Lipinski definition) is 2. The molecular formula is C52H50Cl2N2P2Ru+4. The monoisotopic (exact) mass is 936 g/mol. The summed E-state index contributed by atoms with van der Waals surface area (Å²) in [6.07, 6.45) is 0. The Kier molecular flexibility index (Phi) is 17.7. The van der Waals surface area contributed by atoms with Crippen molar-refractivity contribution < 1.29 is 15.1 Å². The molecule has 2 N–H and O–H groups in total. The van der Waals surface area contributed by atoms with Crippen molar-refractivity contribution in [2.45, 2.75) is 12.1 Å². The smallest absolute Gasteiger partial charge is 0.0620 e. The molecule has 2 atom stereocenters. The molecule has 0 heterocycles. The van der Waals surface area contributed by atoms with E-state index in [9.17, 15) is 0 Å². The van der Waals surface area contributed by atoms with Gasteiger partial charge in [-0.05, 0) is 85.9 Å². The zero-order chi connectivity index (χ0) is 41.2. The minimum absolute atomic E-state index is 0.0244. The van der Waals surface area contributed by atoms with Crippen molar-refractivity contribution in [3.8, 4) is 11.1 Å². The summed E-state index contributed by atoms with van der Waals surface area (Å²) in [6.45, 7) is 0. The summed E-state index contributed by atoms with van der Waals surface area (Å²) in [5.41, 5.74) is 11.5. The number of rotatable bonds is 11. The molecule has 0 amide bonds. The van der Waals surface area contributed by atoms with E-state index in [0.717, 1.165) is 0 Å². The third-order valence-electron chi connectivity index (χ3n) is 10.2. The molecule has 296 valence electrons. The molecule has 0 aliphatic rings. The number of likely N-dealkylation sites (N-methyl/N-ethyl adjacent to an activating group) is 1. The number of nitrogens with zero attached hydrogens (tertiary/aromatic N) is 1. The molecule has 0 saturated carbocycles. The number of nitrogens with two attached hydrogens (primary N) is 1. The predicted molar refractivity (Wildman–Crippen MR) is 260 cm³/mol. The fourth-order valence-electron chi connectivity index (χ4n) is 7.58. The Bertz CT molecular complexity index is 2190. The van der Waals surface area contributed by atoms with E-state index in [2.05, 4.69) is 225 Å². The minimum Gasteiger partial charge on any atom is -0.0620 e. The van der Waals surface area contributed by atoms with Crippen LogP contribution >= 0.6 is 35.2 Å². The van der Waals surface area contributed by atoms with Gasteiger partial charge in [-0.15, -0.1) is 0 Å². The van der Waals surface area contributed by atoms with E-state index < -0.39 is 15.8 Å². The van der Waals surface area contributed by atoms with Crippen LogP contribution in [0.1, 0.15) is 23.2 Å². The maximum Gasteiger partial charge on any atom is 0.110 e. The first-order chi connectivity index (χ1) is 29.0. The first-order valence-corrected chi connectivity index (χ1v) is 27.0. The second-order valence-corrected chi connectivity index (χ2v) is 21.6. The standard InChI is InChI=1S/C36H28P2.C16H20N2.2ClH.Ru/c1-5-17-29(18-6-1)37(30-19-7-2-8-20-30)35-27-15-13-25-33(35)34-26-14-16-28-36(34)38(31-21-9-3-10-22-31)32-23-11-4-12-24-32;1-18(2)16(14-11-7-4-8-12-14)15(17)13-9-5-3-6-10-13;;;/h1-28H;3-12,15-16H,17H2,1-2H3;2*1H;/q;;;;+4. The average Bonchev–Trinajstić information content (AvgIpc) is 3.30. The summed E-state index contributed by atoms with van der Waals surface area (Å²) in [7, 11) is 11.4. The summed E-state index contributed by atoms with van der Waals surface area (Å²) in [5, 5.41) is 8.50. The van der Waals surface area contributed by atoms with Gasteiger partial charge in [-0.25, -0.2) is 0 Å². The van der Waals surface area contributed by atoms with Crippen LogP contribution in [0.4, 0.5) is 0 Å². The van der Waals surface area contributed by atoms with Crippen LogP contribution in [-0.4, -0.2) is 19.0 Å².